The monoisotopic (exact) mass is 395 g/mol. The van der Waals surface area contributed by atoms with E-state index in [0.29, 0.717) is 26.2 Å². The third kappa shape index (κ3) is 6.89. The van der Waals surface area contributed by atoms with Gasteiger partial charge in [-0.1, -0.05) is 19.8 Å². The Kier molecular flexibility index (Phi) is 10.1. The highest BCUT2D eigenvalue weighted by molar-refractivity contribution is 5.77. The van der Waals surface area contributed by atoms with Crippen LogP contribution >= 0.6 is 0 Å². The number of benzene rings is 1. The number of carbonyl (C=O) groups is 1. The maximum atomic E-state index is 11.3. The maximum Gasteiger partial charge on any atom is 0.323 e. The number of rotatable bonds is 14. The van der Waals surface area contributed by atoms with Crippen LogP contribution in [-0.2, 0) is 11.2 Å². The topological polar surface area (TPSA) is 91.0 Å². The standard InChI is InChI=1S/C22H37NO5/c1-6-16(15-22(5,23)21(24)25)11-10-12-17-18(26-7-2)13-14-19(27-8-3)20(17)28-9-4/h13-14,16H,6-12,15,23H2,1-5H3,(H,24,25). The Morgan fingerprint density at radius 1 is 1.07 bits per heavy atom. The van der Waals surface area contributed by atoms with Gasteiger partial charge in [-0.25, -0.2) is 0 Å². The first-order valence-electron chi connectivity index (χ1n) is 10.4. The fraction of sp³-hybridized carbons (Fsp3) is 0.682. The molecule has 0 radical (unpaired) electrons. The van der Waals surface area contributed by atoms with Gasteiger partial charge >= 0.3 is 5.97 Å². The van der Waals surface area contributed by atoms with E-state index in [1.807, 2.05) is 32.9 Å². The molecule has 6 heteroatoms. The Balaban J connectivity index is 2.95. The van der Waals surface area contributed by atoms with E-state index < -0.39 is 11.5 Å². The summed E-state index contributed by atoms with van der Waals surface area (Å²) >= 11 is 0. The second-order valence-corrected chi connectivity index (χ2v) is 7.26. The molecule has 0 fully saturated rings. The minimum atomic E-state index is -1.19. The van der Waals surface area contributed by atoms with E-state index in [0.717, 1.165) is 48.5 Å². The number of aliphatic carboxylic acids is 1. The Morgan fingerprint density at radius 2 is 1.64 bits per heavy atom. The minimum Gasteiger partial charge on any atom is -0.493 e. The summed E-state index contributed by atoms with van der Waals surface area (Å²) in [5, 5.41) is 9.29. The fourth-order valence-electron chi connectivity index (χ4n) is 3.39. The minimum absolute atomic E-state index is 0.257. The van der Waals surface area contributed by atoms with Crippen LogP contribution in [0.3, 0.4) is 0 Å². The van der Waals surface area contributed by atoms with Crippen LogP contribution in [0.25, 0.3) is 0 Å². The van der Waals surface area contributed by atoms with Crippen LogP contribution in [0, 0.1) is 5.92 Å². The van der Waals surface area contributed by atoms with Gasteiger partial charge in [0.25, 0.3) is 0 Å². The summed E-state index contributed by atoms with van der Waals surface area (Å²) in [4.78, 5) is 11.3. The van der Waals surface area contributed by atoms with E-state index in [9.17, 15) is 9.90 Å². The molecule has 2 unspecified atom stereocenters. The summed E-state index contributed by atoms with van der Waals surface area (Å²) in [5.41, 5.74) is 5.76. The van der Waals surface area contributed by atoms with Gasteiger partial charge in [-0.15, -0.1) is 0 Å². The van der Waals surface area contributed by atoms with Crippen molar-refractivity contribution < 1.29 is 24.1 Å². The van der Waals surface area contributed by atoms with E-state index in [-0.39, 0.29) is 5.92 Å². The van der Waals surface area contributed by atoms with Crippen LogP contribution in [0.5, 0.6) is 17.2 Å². The van der Waals surface area contributed by atoms with Crippen molar-refractivity contribution >= 4 is 5.97 Å². The van der Waals surface area contributed by atoms with Crippen molar-refractivity contribution in [3.05, 3.63) is 17.7 Å². The van der Waals surface area contributed by atoms with Crippen LogP contribution in [0.2, 0.25) is 0 Å². The summed E-state index contributed by atoms with van der Waals surface area (Å²) in [6.07, 6.45) is 3.93. The molecule has 0 aliphatic heterocycles. The SMILES string of the molecule is CCOc1ccc(OCC)c(OCC)c1CCCC(CC)CC(C)(N)C(=O)O. The number of hydrogen-bond acceptors (Lipinski definition) is 5. The van der Waals surface area contributed by atoms with Crippen LogP contribution in [-0.4, -0.2) is 36.4 Å². The molecule has 0 saturated heterocycles. The maximum absolute atomic E-state index is 11.3. The van der Waals surface area contributed by atoms with Crippen molar-refractivity contribution in [2.75, 3.05) is 19.8 Å². The zero-order chi connectivity index (χ0) is 21.2. The zero-order valence-corrected chi connectivity index (χ0v) is 18.0. The first-order valence-corrected chi connectivity index (χ1v) is 10.4. The molecular formula is C22H37NO5. The Morgan fingerprint density at radius 3 is 2.18 bits per heavy atom. The van der Waals surface area contributed by atoms with E-state index in [2.05, 4.69) is 6.92 Å². The van der Waals surface area contributed by atoms with Gasteiger partial charge in [0, 0.05) is 5.56 Å². The summed E-state index contributed by atoms with van der Waals surface area (Å²) in [5.74, 6) is 1.60. The lowest BCUT2D eigenvalue weighted by molar-refractivity contribution is -0.143. The molecule has 0 aliphatic rings. The quantitative estimate of drug-likeness (QED) is 0.484. The fourth-order valence-corrected chi connectivity index (χ4v) is 3.39. The summed E-state index contributed by atoms with van der Waals surface area (Å²) < 4.78 is 17.5. The predicted molar refractivity (Wildman–Crippen MR) is 112 cm³/mol. The van der Waals surface area contributed by atoms with Gasteiger partial charge in [0.2, 0.25) is 0 Å². The van der Waals surface area contributed by atoms with Crippen LogP contribution in [0.15, 0.2) is 12.1 Å². The Bertz CT molecular complexity index is 615. The molecule has 6 nitrogen and oxygen atoms in total. The predicted octanol–water partition coefficient (Wildman–Crippen LogP) is 4.42. The van der Waals surface area contributed by atoms with Crippen molar-refractivity contribution in [3.8, 4) is 17.2 Å². The van der Waals surface area contributed by atoms with E-state index in [4.69, 9.17) is 19.9 Å². The molecule has 0 heterocycles. The number of carboxylic acids is 1. The van der Waals surface area contributed by atoms with Gasteiger partial charge in [-0.3, -0.25) is 4.79 Å². The number of ether oxygens (including phenoxy) is 3. The van der Waals surface area contributed by atoms with Gasteiger partial charge in [-0.05, 0) is 65.0 Å². The van der Waals surface area contributed by atoms with Crippen LogP contribution in [0.4, 0.5) is 0 Å². The normalized spacial score (nSPS) is 14.2. The van der Waals surface area contributed by atoms with Crippen molar-refractivity contribution in [3.63, 3.8) is 0 Å². The molecule has 1 aromatic carbocycles. The molecular weight excluding hydrogens is 358 g/mol. The Hall–Kier alpha value is -1.95. The average molecular weight is 396 g/mol. The number of carboxylic acid groups (broad SMARTS) is 1. The molecule has 3 N–H and O–H groups in total. The van der Waals surface area contributed by atoms with Gasteiger partial charge in [0.15, 0.2) is 11.5 Å². The number of hydrogen-bond donors (Lipinski definition) is 2. The first-order chi connectivity index (χ1) is 13.3. The van der Waals surface area contributed by atoms with Gasteiger partial charge in [0.05, 0.1) is 19.8 Å². The lowest BCUT2D eigenvalue weighted by Crippen LogP contribution is -2.46. The lowest BCUT2D eigenvalue weighted by Gasteiger charge is -2.25. The number of nitrogens with two attached hydrogens (primary N) is 1. The summed E-state index contributed by atoms with van der Waals surface area (Å²) in [6.45, 7) is 11.2. The molecule has 160 valence electrons. The molecule has 0 aromatic heterocycles. The van der Waals surface area contributed by atoms with Crippen molar-refractivity contribution in [1.82, 2.24) is 0 Å². The molecule has 0 aliphatic carbocycles. The summed E-state index contributed by atoms with van der Waals surface area (Å²) in [6, 6.07) is 3.83. The largest absolute Gasteiger partial charge is 0.493 e. The van der Waals surface area contributed by atoms with E-state index in [1.54, 1.807) is 6.92 Å². The Labute approximate surface area is 169 Å². The molecule has 1 aromatic rings. The second kappa shape index (κ2) is 11.8. The molecule has 28 heavy (non-hydrogen) atoms. The van der Waals surface area contributed by atoms with Crippen molar-refractivity contribution in [2.45, 2.75) is 72.3 Å². The average Bonchev–Trinajstić information content (AvgIpc) is 2.64. The third-order valence-corrected chi connectivity index (χ3v) is 4.89. The second-order valence-electron chi connectivity index (χ2n) is 7.26. The summed E-state index contributed by atoms with van der Waals surface area (Å²) in [7, 11) is 0. The van der Waals surface area contributed by atoms with Gasteiger partial charge in [0.1, 0.15) is 11.3 Å². The molecule has 0 saturated carbocycles. The molecule has 0 spiro atoms. The van der Waals surface area contributed by atoms with Gasteiger partial charge < -0.3 is 25.1 Å². The first kappa shape index (κ1) is 24.1. The molecule has 2 atom stereocenters. The molecule has 1 rings (SSSR count). The van der Waals surface area contributed by atoms with Crippen molar-refractivity contribution in [2.24, 2.45) is 11.7 Å². The van der Waals surface area contributed by atoms with Crippen LogP contribution in [0.1, 0.15) is 65.9 Å². The van der Waals surface area contributed by atoms with Gasteiger partial charge in [-0.2, -0.15) is 0 Å². The highest BCUT2D eigenvalue weighted by Gasteiger charge is 2.30. The highest BCUT2D eigenvalue weighted by Crippen LogP contribution is 2.39. The van der Waals surface area contributed by atoms with E-state index in [1.165, 1.54) is 0 Å². The zero-order valence-electron chi connectivity index (χ0n) is 18.0. The third-order valence-electron chi connectivity index (χ3n) is 4.89. The highest BCUT2D eigenvalue weighted by atomic mass is 16.5. The van der Waals surface area contributed by atoms with Crippen LogP contribution < -0.4 is 19.9 Å². The smallest absolute Gasteiger partial charge is 0.323 e. The lowest BCUT2D eigenvalue weighted by atomic mass is 9.85. The molecule has 0 amide bonds. The van der Waals surface area contributed by atoms with Crippen molar-refractivity contribution in [1.29, 1.82) is 0 Å². The molecule has 0 bridgehead atoms. The van der Waals surface area contributed by atoms with E-state index >= 15 is 0 Å².